The van der Waals surface area contributed by atoms with Crippen molar-refractivity contribution in [2.75, 3.05) is 25.1 Å². The average molecular weight is 335 g/mol. The zero-order valence-corrected chi connectivity index (χ0v) is 11.6. The van der Waals surface area contributed by atoms with Gasteiger partial charge in [0.15, 0.2) is 0 Å². The van der Waals surface area contributed by atoms with Gasteiger partial charge in [0.2, 0.25) is 5.91 Å². The van der Waals surface area contributed by atoms with Gasteiger partial charge in [-0.3, -0.25) is 4.79 Å². The van der Waals surface area contributed by atoms with Crippen molar-refractivity contribution >= 4 is 27.5 Å². The van der Waals surface area contributed by atoms with Crippen LogP contribution < -0.4 is 10.6 Å². The summed E-state index contributed by atoms with van der Waals surface area (Å²) in [6, 6.07) is 1.83. The van der Waals surface area contributed by atoms with Crippen LogP contribution in [0, 0.1) is 11.6 Å². The first kappa shape index (κ1) is 14.4. The van der Waals surface area contributed by atoms with Crippen LogP contribution >= 0.6 is 15.9 Å². The molecule has 1 aliphatic heterocycles. The molecule has 19 heavy (non-hydrogen) atoms. The number of benzene rings is 1. The van der Waals surface area contributed by atoms with Gasteiger partial charge in [-0.05, 0) is 22.0 Å². The lowest BCUT2D eigenvalue weighted by Gasteiger charge is -2.23. The molecule has 1 heterocycles. The van der Waals surface area contributed by atoms with Crippen LogP contribution in [0.4, 0.5) is 14.5 Å². The van der Waals surface area contributed by atoms with Crippen LogP contribution in [-0.4, -0.2) is 31.7 Å². The van der Waals surface area contributed by atoms with Gasteiger partial charge in [-0.25, -0.2) is 8.78 Å². The van der Waals surface area contributed by atoms with Crippen LogP contribution in [0.5, 0.6) is 0 Å². The zero-order valence-electron chi connectivity index (χ0n) is 10.0. The number of hydrogen-bond acceptors (Lipinski definition) is 3. The number of carbonyl (C=O) groups is 1. The number of anilines is 1. The van der Waals surface area contributed by atoms with E-state index in [0.717, 1.165) is 12.1 Å². The number of carbonyl (C=O) groups excluding carboxylic acids is 1. The van der Waals surface area contributed by atoms with Crippen LogP contribution in [0.15, 0.2) is 16.6 Å². The van der Waals surface area contributed by atoms with Gasteiger partial charge >= 0.3 is 0 Å². The van der Waals surface area contributed by atoms with Gasteiger partial charge in [0.25, 0.3) is 0 Å². The maximum Gasteiger partial charge on any atom is 0.226 e. The Labute approximate surface area is 117 Å². The first-order chi connectivity index (χ1) is 9.06. The number of nitrogens with one attached hydrogen (secondary N) is 2. The van der Waals surface area contributed by atoms with Crippen molar-refractivity contribution in [1.82, 2.24) is 5.32 Å². The predicted molar refractivity (Wildman–Crippen MR) is 69.9 cm³/mol. The summed E-state index contributed by atoms with van der Waals surface area (Å²) in [6.45, 7) is 1.73. The summed E-state index contributed by atoms with van der Waals surface area (Å²) in [6.07, 6.45) is 0.150. The molecule has 2 N–H and O–H groups in total. The second-order valence-corrected chi connectivity index (χ2v) is 5.08. The fourth-order valence-electron chi connectivity index (χ4n) is 1.79. The van der Waals surface area contributed by atoms with Crippen molar-refractivity contribution in [2.45, 2.75) is 12.5 Å². The number of halogens is 3. The summed E-state index contributed by atoms with van der Waals surface area (Å²) in [4.78, 5) is 11.7. The minimum atomic E-state index is -0.686. The molecule has 2 rings (SSSR count). The van der Waals surface area contributed by atoms with E-state index in [-0.39, 0.29) is 28.5 Å². The molecule has 1 saturated heterocycles. The molecule has 0 radical (unpaired) electrons. The Bertz CT molecular complexity index is 479. The summed E-state index contributed by atoms with van der Waals surface area (Å²) >= 11 is 2.87. The average Bonchev–Trinajstić information content (AvgIpc) is 2.37. The number of ether oxygens (including phenoxy) is 1. The topological polar surface area (TPSA) is 50.4 Å². The highest BCUT2D eigenvalue weighted by atomic mass is 79.9. The molecule has 1 amide bonds. The summed E-state index contributed by atoms with van der Waals surface area (Å²) in [5.74, 6) is -1.70. The third-order valence-corrected chi connectivity index (χ3v) is 3.32. The van der Waals surface area contributed by atoms with Crippen molar-refractivity contribution in [3.63, 3.8) is 0 Å². The minimum absolute atomic E-state index is 0.0188. The normalized spacial score (nSPS) is 19.2. The second-order valence-electron chi connectivity index (χ2n) is 4.22. The molecule has 1 aromatic carbocycles. The van der Waals surface area contributed by atoms with Crippen LogP contribution in [0.3, 0.4) is 0 Å². The zero-order chi connectivity index (χ0) is 13.8. The van der Waals surface area contributed by atoms with Gasteiger partial charge in [0.05, 0.1) is 23.4 Å². The summed E-state index contributed by atoms with van der Waals surface area (Å²) < 4.78 is 32.0. The molecule has 0 aliphatic carbocycles. The maximum atomic E-state index is 13.5. The first-order valence-electron chi connectivity index (χ1n) is 5.82. The maximum absolute atomic E-state index is 13.5. The van der Waals surface area contributed by atoms with Gasteiger partial charge in [-0.15, -0.1) is 0 Å². The second kappa shape index (κ2) is 6.40. The Morgan fingerprint density at radius 1 is 1.47 bits per heavy atom. The monoisotopic (exact) mass is 334 g/mol. The third-order valence-electron chi connectivity index (χ3n) is 2.71. The molecule has 0 saturated carbocycles. The van der Waals surface area contributed by atoms with Gasteiger partial charge in [-0.2, -0.15) is 0 Å². The largest absolute Gasteiger partial charge is 0.378 e. The predicted octanol–water partition coefficient (Wildman–Crippen LogP) is 2.04. The Kier molecular flexibility index (Phi) is 4.84. The molecule has 1 atom stereocenters. The highest BCUT2D eigenvalue weighted by Gasteiger charge is 2.18. The van der Waals surface area contributed by atoms with Crippen molar-refractivity contribution in [3.05, 3.63) is 28.2 Å². The van der Waals surface area contributed by atoms with E-state index in [0.29, 0.717) is 19.8 Å². The lowest BCUT2D eigenvalue weighted by Crippen LogP contribution is -2.43. The first-order valence-corrected chi connectivity index (χ1v) is 6.61. The molecule has 0 aromatic heterocycles. The summed E-state index contributed by atoms with van der Waals surface area (Å²) in [5, 5.41) is 5.46. The Morgan fingerprint density at radius 2 is 2.26 bits per heavy atom. The lowest BCUT2D eigenvalue weighted by atomic mass is 10.2. The van der Waals surface area contributed by atoms with Gasteiger partial charge in [0.1, 0.15) is 11.6 Å². The van der Waals surface area contributed by atoms with Crippen molar-refractivity contribution in [3.8, 4) is 0 Å². The Morgan fingerprint density at radius 3 is 2.95 bits per heavy atom. The van der Waals surface area contributed by atoms with E-state index in [1.165, 1.54) is 0 Å². The molecular formula is C12H13BrF2N2O2. The minimum Gasteiger partial charge on any atom is -0.378 e. The van der Waals surface area contributed by atoms with E-state index in [1.807, 2.05) is 0 Å². The molecule has 1 fully saturated rings. The van der Waals surface area contributed by atoms with Crippen LogP contribution in [0.1, 0.15) is 6.42 Å². The van der Waals surface area contributed by atoms with E-state index >= 15 is 0 Å². The molecule has 1 aliphatic rings. The molecule has 1 unspecified atom stereocenters. The smallest absolute Gasteiger partial charge is 0.226 e. The number of rotatable bonds is 3. The third kappa shape index (κ3) is 3.95. The van der Waals surface area contributed by atoms with Gasteiger partial charge < -0.3 is 15.4 Å². The standard InChI is InChI=1S/C12H13BrF2N2O2/c13-8-4-10(15)11(5-9(8)14)17-12(18)3-7-6-19-2-1-16-7/h4-5,7,16H,1-3,6H2,(H,17,18). The van der Waals surface area contributed by atoms with Crippen molar-refractivity contribution in [2.24, 2.45) is 0 Å². The van der Waals surface area contributed by atoms with Crippen LogP contribution in [0.2, 0.25) is 0 Å². The van der Waals surface area contributed by atoms with Gasteiger partial charge in [0, 0.05) is 25.1 Å². The molecular weight excluding hydrogens is 322 g/mol. The number of hydrogen-bond donors (Lipinski definition) is 2. The Hall–Kier alpha value is -1.05. The fourth-order valence-corrected chi connectivity index (χ4v) is 2.11. The van der Waals surface area contributed by atoms with E-state index in [4.69, 9.17) is 4.74 Å². The van der Waals surface area contributed by atoms with Crippen LogP contribution in [-0.2, 0) is 9.53 Å². The summed E-state index contributed by atoms with van der Waals surface area (Å²) in [5.41, 5.74) is -0.164. The van der Waals surface area contributed by atoms with Crippen LogP contribution in [0.25, 0.3) is 0 Å². The van der Waals surface area contributed by atoms with Crippen molar-refractivity contribution in [1.29, 1.82) is 0 Å². The lowest BCUT2D eigenvalue weighted by molar-refractivity contribution is -0.117. The van der Waals surface area contributed by atoms with E-state index in [9.17, 15) is 13.6 Å². The van der Waals surface area contributed by atoms with Gasteiger partial charge in [-0.1, -0.05) is 0 Å². The SMILES string of the molecule is O=C(CC1COCCN1)Nc1cc(F)c(Br)cc1F. The molecule has 0 spiro atoms. The molecule has 104 valence electrons. The fraction of sp³-hybridized carbons (Fsp3) is 0.417. The summed E-state index contributed by atoms with van der Waals surface area (Å²) in [7, 11) is 0. The van der Waals surface area contributed by atoms with E-state index < -0.39 is 11.6 Å². The molecule has 4 nitrogen and oxygen atoms in total. The quantitative estimate of drug-likeness (QED) is 0.832. The van der Waals surface area contributed by atoms with E-state index in [1.54, 1.807) is 0 Å². The van der Waals surface area contributed by atoms with Crippen molar-refractivity contribution < 1.29 is 18.3 Å². The highest BCUT2D eigenvalue weighted by Crippen LogP contribution is 2.23. The number of morpholine rings is 1. The van der Waals surface area contributed by atoms with E-state index in [2.05, 4.69) is 26.6 Å². The highest BCUT2D eigenvalue weighted by molar-refractivity contribution is 9.10. The Balaban J connectivity index is 1.96. The molecule has 1 aromatic rings. The molecule has 0 bridgehead atoms. The number of amides is 1. The molecule has 7 heteroatoms.